The fourth-order valence-corrected chi connectivity index (χ4v) is 6.10. The molecule has 258 valence electrons. The Morgan fingerprint density at radius 2 is 1.36 bits per heavy atom. The third kappa shape index (κ3) is 6.78. The standard InChI is InChI=1S/C43H43N5O.Pt/c1-41(2,3)29-14-12-16-32(24-29)47-28-46(40(45-47)43(7,8)9)31-15-13-17-33(26-31)49-34-20-21-36-35-18-10-11-19-37(35)48(38(36)27-34)39-25-30(22-23-44-39)42(4,5)6;/h10-25H,1-9H3;/q-2;. The monoisotopic (exact) mass is 840 g/mol. The van der Waals surface area contributed by atoms with Crippen LogP contribution in [0.25, 0.3) is 39.0 Å². The number of ether oxygens (including phenoxy) is 1. The van der Waals surface area contributed by atoms with Crippen LogP contribution in [0.2, 0.25) is 0 Å². The van der Waals surface area contributed by atoms with Crippen molar-refractivity contribution in [3.05, 3.63) is 133 Å². The summed E-state index contributed by atoms with van der Waals surface area (Å²) in [6.07, 6.45) is 5.38. The molecule has 7 heteroatoms. The number of benzene rings is 4. The molecule has 3 aromatic heterocycles. The average molecular weight is 841 g/mol. The number of para-hydroxylation sites is 1. The summed E-state index contributed by atoms with van der Waals surface area (Å²) in [7, 11) is 0. The van der Waals surface area contributed by atoms with Crippen LogP contribution in [0, 0.1) is 18.5 Å². The zero-order valence-corrected chi connectivity index (χ0v) is 32.5. The molecule has 0 saturated heterocycles. The third-order valence-corrected chi connectivity index (χ3v) is 8.84. The van der Waals surface area contributed by atoms with Gasteiger partial charge in [0, 0.05) is 49.7 Å². The number of hydrogen-bond acceptors (Lipinski definition) is 3. The van der Waals surface area contributed by atoms with E-state index >= 15 is 0 Å². The van der Waals surface area contributed by atoms with Crippen molar-refractivity contribution in [2.75, 3.05) is 0 Å². The van der Waals surface area contributed by atoms with Gasteiger partial charge in [-0.2, -0.15) is 22.9 Å². The molecule has 0 radical (unpaired) electrons. The minimum Gasteiger partial charge on any atom is -0.510 e. The van der Waals surface area contributed by atoms with E-state index in [4.69, 9.17) is 14.8 Å². The molecule has 6 nitrogen and oxygen atoms in total. The van der Waals surface area contributed by atoms with Gasteiger partial charge in [0.1, 0.15) is 5.82 Å². The van der Waals surface area contributed by atoms with Crippen molar-refractivity contribution in [1.29, 1.82) is 0 Å². The first-order valence-corrected chi connectivity index (χ1v) is 16.9. The number of rotatable bonds is 5. The maximum absolute atomic E-state index is 6.48. The Balaban J connectivity index is 0.00000432. The van der Waals surface area contributed by atoms with Gasteiger partial charge in [0.05, 0.1) is 5.69 Å². The number of nitrogens with zero attached hydrogens (tertiary/aromatic N) is 5. The number of aromatic nitrogens is 5. The van der Waals surface area contributed by atoms with E-state index in [1.54, 1.807) is 0 Å². The second kappa shape index (κ2) is 13.0. The van der Waals surface area contributed by atoms with Crippen LogP contribution < -0.4 is 9.42 Å². The molecule has 3 heterocycles. The molecule has 7 rings (SSSR count). The second-order valence-corrected chi connectivity index (χ2v) is 15.8. The first-order valence-electron chi connectivity index (χ1n) is 16.9. The van der Waals surface area contributed by atoms with Gasteiger partial charge in [-0.25, -0.2) is 4.98 Å². The molecule has 0 aliphatic carbocycles. The van der Waals surface area contributed by atoms with Crippen molar-refractivity contribution in [3.63, 3.8) is 0 Å². The largest absolute Gasteiger partial charge is 0.510 e. The Morgan fingerprint density at radius 3 is 2.10 bits per heavy atom. The predicted molar refractivity (Wildman–Crippen MR) is 196 cm³/mol. The maximum atomic E-state index is 6.48. The predicted octanol–water partition coefficient (Wildman–Crippen LogP) is 9.72. The summed E-state index contributed by atoms with van der Waals surface area (Å²) in [5.41, 5.74) is 5.95. The smallest absolute Gasteiger partial charge is 0.271 e. The van der Waals surface area contributed by atoms with Crippen LogP contribution in [0.1, 0.15) is 79.3 Å². The first kappa shape index (κ1) is 35.3. The molecule has 0 aliphatic rings. The van der Waals surface area contributed by atoms with Crippen LogP contribution in [0.4, 0.5) is 0 Å². The summed E-state index contributed by atoms with van der Waals surface area (Å²) in [5, 5.41) is 7.26. The number of pyridine rings is 1. The normalized spacial score (nSPS) is 12.3. The molecule has 0 bridgehead atoms. The van der Waals surface area contributed by atoms with E-state index in [1.165, 1.54) is 11.1 Å². The molecule has 0 aliphatic heterocycles. The minimum atomic E-state index is -0.251. The minimum absolute atomic E-state index is 0. The Morgan fingerprint density at radius 1 is 0.660 bits per heavy atom. The summed E-state index contributed by atoms with van der Waals surface area (Å²) in [4.78, 5) is 4.80. The molecule has 4 aromatic carbocycles. The van der Waals surface area contributed by atoms with Crippen LogP contribution in [0.3, 0.4) is 0 Å². The van der Waals surface area contributed by atoms with Gasteiger partial charge >= 0.3 is 0 Å². The number of fused-ring (bicyclic) bond motifs is 3. The van der Waals surface area contributed by atoms with Crippen molar-refractivity contribution >= 4 is 21.8 Å². The molecule has 0 spiro atoms. The molecule has 0 N–H and O–H groups in total. The summed E-state index contributed by atoms with van der Waals surface area (Å²) in [6.45, 7) is 19.8. The molecule has 50 heavy (non-hydrogen) atoms. The van der Waals surface area contributed by atoms with E-state index in [0.29, 0.717) is 11.5 Å². The molecule has 0 fully saturated rings. The van der Waals surface area contributed by atoms with E-state index in [2.05, 4.69) is 152 Å². The van der Waals surface area contributed by atoms with Crippen molar-refractivity contribution in [3.8, 4) is 28.7 Å². The number of hydrogen-bond donors (Lipinski definition) is 0. The molecule has 0 saturated carbocycles. The third-order valence-electron chi connectivity index (χ3n) is 8.84. The van der Waals surface area contributed by atoms with E-state index in [0.717, 1.165) is 44.8 Å². The van der Waals surface area contributed by atoms with Crippen LogP contribution in [0.15, 0.2) is 97.2 Å². The first-order chi connectivity index (χ1) is 23.2. The van der Waals surface area contributed by atoms with Gasteiger partial charge in [0.25, 0.3) is 6.33 Å². The second-order valence-electron chi connectivity index (χ2n) is 15.8. The fraction of sp³-hybridized carbons (Fsp3) is 0.279. The average Bonchev–Trinajstić information content (AvgIpc) is 3.65. The van der Waals surface area contributed by atoms with Crippen molar-refractivity contribution in [1.82, 2.24) is 19.2 Å². The summed E-state index contributed by atoms with van der Waals surface area (Å²) >= 11 is 0. The maximum Gasteiger partial charge on any atom is 0.271 e. The molecule has 0 atom stereocenters. The Kier molecular flexibility index (Phi) is 9.15. The summed E-state index contributed by atoms with van der Waals surface area (Å²) in [6, 6.07) is 38.2. The summed E-state index contributed by atoms with van der Waals surface area (Å²) < 4.78 is 12.5. The van der Waals surface area contributed by atoms with E-state index in [-0.39, 0.29) is 37.3 Å². The van der Waals surface area contributed by atoms with E-state index in [9.17, 15) is 0 Å². The van der Waals surface area contributed by atoms with Crippen LogP contribution in [0.5, 0.6) is 11.5 Å². The van der Waals surface area contributed by atoms with Crippen LogP contribution in [-0.4, -0.2) is 19.2 Å². The topological polar surface area (TPSA) is 48.8 Å². The fourth-order valence-electron chi connectivity index (χ4n) is 6.10. The van der Waals surface area contributed by atoms with E-state index in [1.807, 2.05) is 39.7 Å². The van der Waals surface area contributed by atoms with Gasteiger partial charge in [-0.05, 0) is 45.5 Å². The van der Waals surface area contributed by atoms with Gasteiger partial charge < -0.3 is 13.9 Å². The SMILES string of the molecule is CC(C)(C)c1cccc(-[n+]2[c-]n(-c3[c-]c(Oc4[c-]c5c(cc4)c4ccccc4n5-c4cc(C(C)(C)C)ccn4)ccc3)c(C(C)(C)C)n2)c1.[Pt]. The van der Waals surface area contributed by atoms with E-state index < -0.39 is 0 Å². The summed E-state index contributed by atoms with van der Waals surface area (Å²) in [5.74, 6) is 2.89. The van der Waals surface area contributed by atoms with Crippen molar-refractivity contribution in [2.45, 2.75) is 78.6 Å². The van der Waals surface area contributed by atoms with Crippen molar-refractivity contribution in [2.24, 2.45) is 0 Å². The zero-order valence-electron chi connectivity index (χ0n) is 30.2. The molecule has 7 aromatic rings. The molecule has 0 unspecified atom stereocenters. The van der Waals surface area contributed by atoms with Gasteiger partial charge in [0.15, 0.2) is 5.82 Å². The Labute approximate surface area is 310 Å². The molecular formula is C43H43N5OPt-2. The van der Waals surface area contributed by atoms with Crippen LogP contribution in [-0.2, 0) is 37.3 Å². The Bertz CT molecular complexity index is 2330. The van der Waals surface area contributed by atoms with Gasteiger partial charge in [-0.15, -0.1) is 34.8 Å². The zero-order chi connectivity index (χ0) is 34.7. The quantitative estimate of drug-likeness (QED) is 0.128. The Hall–Kier alpha value is -4.54. The van der Waals surface area contributed by atoms with Gasteiger partial charge in [-0.1, -0.05) is 116 Å². The van der Waals surface area contributed by atoms with Crippen LogP contribution >= 0.6 is 0 Å². The molecule has 0 amide bonds. The van der Waals surface area contributed by atoms with Crippen molar-refractivity contribution < 1.29 is 30.5 Å². The van der Waals surface area contributed by atoms with Gasteiger partial charge in [0.2, 0.25) is 0 Å². The van der Waals surface area contributed by atoms with Gasteiger partial charge in [-0.3, -0.25) is 0 Å². The molecular weight excluding hydrogens is 798 g/mol.